The Morgan fingerprint density at radius 3 is 2.80 bits per heavy atom. The van der Waals surface area contributed by atoms with Gasteiger partial charge in [-0.05, 0) is 18.9 Å². The van der Waals surface area contributed by atoms with Gasteiger partial charge in [0, 0.05) is 38.6 Å². The normalized spacial score (nSPS) is 18.8. The van der Waals surface area contributed by atoms with Crippen LogP contribution in [-0.2, 0) is 14.1 Å². The zero-order chi connectivity index (χ0) is 14.3. The molecule has 0 bridgehead atoms. The molecule has 1 aliphatic rings. The highest BCUT2D eigenvalue weighted by molar-refractivity contribution is 6.31. The van der Waals surface area contributed by atoms with Crippen molar-refractivity contribution < 1.29 is 4.79 Å². The molecule has 0 aliphatic carbocycles. The van der Waals surface area contributed by atoms with E-state index in [1.54, 1.807) is 21.5 Å². The summed E-state index contributed by atoms with van der Waals surface area (Å²) in [6.07, 6.45) is 7.57. The van der Waals surface area contributed by atoms with E-state index >= 15 is 0 Å². The number of hydrogen-bond acceptors (Lipinski definition) is 2. The van der Waals surface area contributed by atoms with Gasteiger partial charge in [0.05, 0.1) is 17.3 Å². The molecular weight excluding hydrogens is 276 g/mol. The SMILES string of the molecule is Cn1cc(C2CCCN2C(=O)c2cc(Cl)cn2C)cn1. The van der Waals surface area contributed by atoms with E-state index in [1.165, 1.54) is 0 Å². The Kier molecular flexibility index (Phi) is 3.30. The van der Waals surface area contributed by atoms with E-state index in [9.17, 15) is 4.79 Å². The number of carbonyl (C=O) groups excluding carboxylic acids is 1. The minimum atomic E-state index is 0.0331. The second-order valence-corrected chi connectivity index (χ2v) is 5.69. The Morgan fingerprint density at radius 2 is 2.20 bits per heavy atom. The molecule has 20 heavy (non-hydrogen) atoms. The van der Waals surface area contributed by atoms with E-state index in [0.717, 1.165) is 24.9 Å². The average molecular weight is 293 g/mol. The molecule has 3 heterocycles. The van der Waals surface area contributed by atoms with Crippen molar-refractivity contribution in [3.63, 3.8) is 0 Å². The van der Waals surface area contributed by atoms with Crippen LogP contribution >= 0.6 is 11.6 Å². The van der Waals surface area contributed by atoms with Gasteiger partial charge in [-0.15, -0.1) is 0 Å². The summed E-state index contributed by atoms with van der Waals surface area (Å²) in [7, 11) is 3.73. The number of nitrogens with zero attached hydrogens (tertiary/aromatic N) is 4. The predicted molar refractivity (Wildman–Crippen MR) is 76.6 cm³/mol. The lowest BCUT2D eigenvalue weighted by molar-refractivity contribution is 0.0726. The van der Waals surface area contributed by atoms with Crippen molar-refractivity contribution in [1.29, 1.82) is 0 Å². The average Bonchev–Trinajstić information content (AvgIpc) is 3.08. The molecule has 1 atom stereocenters. The van der Waals surface area contributed by atoms with Gasteiger partial charge in [0.2, 0.25) is 0 Å². The highest BCUT2D eigenvalue weighted by Crippen LogP contribution is 2.33. The topological polar surface area (TPSA) is 43.1 Å². The summed E-state index contributed by atoms with van der Waals surface area (Å²) < 4.78 is 3.55. The van der Waals surface area contributed by atoms with Gasteiger partial charge in [0.1, 0.15) is 5.69 Å². The Balaban J connectivity index is 1.89. The van der Waals surface area contributed by atoms with Gasteiger partial charge in [-0.2, -0.15) is 5.10 Å². The van der Waals surface area contributed by atoms with Gasteiger partial charge in [0.15, 0.2) is 0 Å². The van der Waals surface area contributed by atoms with E-state index < -0.39 is 0 Å². The van der Waals surface area contributed by atoms with Gasteiger partial charge in [-0.25, -0.2) is 0 Å². The molecule has 1 unspecified atom stereocenters. The number of aryl methyl sites for hydroxylation is 2. The molecule has 0 spiro atoms. The summed E-state index contributed by atoms with van der Waals surface area (Å²) in [5, 5.41) is 4.79. The molecule has 0 radical (unpaired) electrons. The van der Waals surface area contributed by atoms with Crippen molar-refractivity contribution in [3.8, 4) is 0 Å². The van der Waals surface area contributed by atoms with Crippen molar-refractivity contribution >= 4 is 17.5 Å². The van der Waals surface area contributed by atoms with Gasteiger partial charge in [-0.1, -0.05) is 11.6 Å². The summed E-state index contributed by atoms with van der Waals surface area (Å²) in [5.74, 6) is 0.0331. The van der Waals surface area contributed by atoms with Crippen LogP contribution in [0.1, 0.15) is 34.9 Å². The number of likely N-dealkylation sites (tertiary alicyclic amines) is 1. The summed E-state index contributed by atoms with van der Waals surface area (Å²) in [6, 6.07) is 1.84. The van der Waals surface area contributed by atoms with E-state index in [1.807, 2.05) is 31.4 Å². The van der Waals surface area contributed by atoms with Crippen molar-refractivity contribution in [2.24, 2.45) is 14.1 Å². The van der Waals surface area contributed by atoms with Crippen LogP contribution in [0.3, 0.4) is 0 Å². The largest absolute Gasteiger partial charge is 0.345 e. The Labute approximate surface area is 122 Å². The van der Waals surface area contributed by atoms with Gasteiger partial charge >= 0.3 is 0 Å². The van der Waals surface area contributed by atoms with E-state index in [4.69, 9.17) is 11.6 Å². The molecule has 3 rings (SSSR count). The molecular formula is C14H17ClN4O. The first kappa shape index (κ1) is 13.2. The Morgan fingerprint density at radius 1 is 1.40 bits per heavy atom. The van der Waals surface area contributed by atoms with Crippen LogP contribution < -0.4 is 0 Å². The van der Waals surface area contributed by atoms with Crippen LogP contribution in [0.25, 0.3) is 0 Å². The maximum Gasteiger partial charge on any atom is 0.271 e. The van der Waals surface area contributed by atoms with Crippen LogP contribution in [0.5, 0.6) is 0 Å². The zero-order valence-electron chi connectivity index (χ0n) is 11.6. The number of aromatic nitrogens is 3. The lowest BCUT2D eigenvalue weighted by Crippen LogP contribution is -2.31. The summed E-state index contributed by atoms with van der Waals surface area (Å²) >= 11 is 5.97. The summed E-state index contributed by atoms with van der Waals surface area (Å²) in [4.78, 5) is 14.6. The van der Waals surface area contributed by atoms with Crippen molar-refractivity contribution in [3.05, 3.63) is 40.9 Å². The molecule has 0 aromatic carbocycles. The van der Waals surface area contributed by atoms with Crippen LogP contribution in [0.2, 0.25) is 5.02 Å². The second-order valence-electron chi connectivity index (χ2n) is 5.26. The molecule has 0 N–H and O–H groups in total. The number of hydrogen-bond donors (Lipinski definition) is 0. The second kappa shape index (κ2) is 4.98. The standard InChI is InChI=1S/C14H17ClN4O/c1-17-9-11(15)6-13(17)14(20)19-5-3-4-12(19)10-7-16-18(2)8-10/h6-9,12H,3-5H2,1-2H3. The van der Waals surface area contributed by atoms with Gasteiger partial charge < -0.3 is 9.47 Å². The number of halogens is 1. The van der Waals surface area contributed by atoms with Crippen LogP contribution in [0.15, 0.2) is 24.7 Å². The van der Waals surface area contributed by atoms with Crippen molar-refractivity contribution in [1.82, 2.24) is 19.2 Å². The molecule has 5 nitrogen and oxygen atoms in total. The zero-order valence-corrected chi connectivity index (χ0v) is 12.3. The third-order valence-corrected chi connectivity index (χ3v) is 4.02. The quantitative estimate of drug-likeness (QED) is 0.853. The first-order valence-electron chi connectivity index (χ1n) is 6.67. The number of rotatable bonds is 2. The fourth-order valence-electron chi connectivity index (χ4n) is 2.85. The smallest absolute Gasteiger partial charge is 0.271 e. The predicted octanol–water partition coefficient (Wildman–Crippen LogP) is 2.39. The molecule has 106 valence electrons. The maximum atomic E-state index is 12.7. The fourth-order valence-corrected chi connectivity index (χ4v) is 3.10. The monoisotopic (exact) mass is 292 g/mol. The number of carbonyl (C=O) groups is 1. The van der Waals surface area contributed by atoms with Crippen LogP contribution in [0, 0.1) is 0 Å². The molecule has 1 amide bonds. The highest BCUT2D eigenvalue weighted by atomic mass is 35.5. The highest BCUT2D eigenvalue weighted by Gasteiger charge is 2.32. The Bertz CT molecular complexity index is 645. The molecule has 1 aliphatic heterocycles. The molecule has 2 aromatic rings. The summed E-state index contributed by atoms with van der Waals surface area (Å²) in [6.45, 7) is 0.779. The molecule has 1 fully saturated rings. The third kappa shape index (κ3) is 2.22. The molecule has 6 heteroatoms. The van der Waals surface area contributed by atoms with E-state index in [-0.39, 0.29) is 11.9 Å². The molecule has 2 aromatic heterocycles. The fraction of sp³-hybridized carbons (Fsp3) is 0.429. The van der Waals surface area contributed by atoms with Crippen LogP contribution in [-0.4, -0.2) is 31.7 Å². The van der Waals surface area contributed by atoms with Crippen molar-refractivity contribution in [2.45, 2.75) is 18.9 Å². The lowest BCUT2D eigenvalue weighted by atomic mass is 10.1. The van der Waals surface area contributed by atoms with E-state index in [2.05, 4.69) is 5.10 Å². The minimum Gasteiger partial charge on any atom is -0.345 e. The first-order valence-corrected chi connectivity index (χ1v) is 7.05. The molecule has 1 saturated heterocycles. The lowest BCUT2D eigenvalue weighted by Gasteiger charge is -2.24. The minimum absolute atomic E-state index is 0.0331. The molecule has 0 saturated carbocycles. The first-order chi connectivity index (χ1) is 9.56. The van der Waals surface area contributed by atoms with Crippen molar-refractivity contribution in [2.75, 3.05) is 6.54 Å². The van der Waals surface area contributed by atoms with Gasteiger partial charge in [-0.3, -0.25) is 9.48 Å². The maximum absolute atomic E-state index is 12.7. The third-order valence-electron chi connectivity index (χ3n) is 3.81. The summed E-state index contributed by atoms with van der Waals surface area (Å²) in [5.41, 5.74) is 1.73. The van der Waals surface area contributed by atoms with Gasteiger partial charge in [0.25, 0.3) is 5.91 Å². The van der Waals surface area contributed by atoms with Crippen LogP contribution in [0.4, 0.5) is 0 Å². The van der Waals surface area contributed by atoms with E-state index in [0.29, 0.717) is 10.7 Å². The number of amides is 1. The Hall–Kier alpha value is -1.75.